The molecule has 0 bridgehead atoms. The first-order valence-electron chi connectivity index (χ1n) is 5.73. The van der Waals surface area contributed by atoms with E-state index in [9.17, 15) is 4.79 Å². The van der Waals surface area contributed by atoms with Crippen LogP contribution >= 0.6 is 11.6 Å². The van der Waals surface area contributed by atoms with Gasteiger partial charge in [0, 0.05) is 17.3 Å². The molecule has 5 nitrogen and oxygen atoms in total. The van der Waals surface area contributed by atoms with E-state index in [-0.39, 0.29) is 18.7 Å². The lowest BCUT2D eigenvalue weighted by Gasteiger charge is -2.32. The monoisotopic (exact) mass is 270 g/mol. The highest BCUT2D eigenvalue weighted by atomic mass is 35.5. The van der Waals surface area contributed by atoms with Crippen molar-refractivity contribution in [1.82, 2.24) is 4.90 Å². The number of carbonyl (C=O) groups is 1. The molecule has 0 radical (unpaired) electrons. The summed E-state index contributed by atoms with van der Waals surface area (Å²) in [6.07, 6.45) is -0.297. The third kappa shape index (κ3) is 3.35. The van der Waals surface area contributed by atoms with Gasteiger partial charge in [-0.15, -0.1) is 0 Å². The smallest absolute Gasteiger partial charge is 0.322 e. The van der Waals surface area contributed by atoms with E-state index in [0.29, 0.717) is 30.4 Å². The van der Waals surface area contributed by atoms with Crippen molar-refractivity contribution in [1.29, 1.82) is 0 Å². The quantitative estimate of drug-likeness (QED) is 0.857. The fourth-order valence-corrected chi connectivity index (χ4v) is 1.88. The number of nitrogens with zero attached hydrogens (tertiary/aromatic N) is 1. The Kier molecular flexibility index (Phi) is 4.41. The molecule has 1 aliphatic rings. The Hall–Kier alpha value is -1.30. The molecular weight excluding hydrogens is 256 g/mol. The minimum atomic E-state index is -0.297. The number of rotatable bonds is 2. The van der Waals surface area contributed by atoms with Crippen molar-refractivity contribution < 1.29 is 14.6 Å². The van der Waals surface area contributed by atoms with Gasteiger partial charge in [-0.25, -0.2) is 4.79 Å². The maximum Gasteiger partial charge on any atom is 0.322 e. The Balaban J connectivity index is 1.93. The van der Waals surface area contributed by atoms with Gasteiger partial charge in [0.2, 0.25) is 0 Å². The number of ether oxygens (including phenoxy) is 1. The van der Waals surface area contributed by atoms with Gasteiger partial charge in [0.25, 0.3) is 0 Å². The highest BCUT2D eigenvalue weighted by Gasteiger charge is 2.23. The van der Waals surface area contributed by atoms with Crippen LogP contribution in [-0.4, -0.2) is 48.4 Å². The first kappa shape index (κ1) is 13.1. The zero-order chi connectivity index (χ0) is 13.0. The third-order valence-corrected chi connectivity index (χ3v) is 2.98. The van der Waals surface area contributed by atoms with E-state index in [1.54, 1.807) is 29.2 Å². The van der Waals surface area contributed by atoms with E-state index in [1.807, 2.05) is 0 Å². The van der Waals surface area contributed by atoms with Crippen molar-refractivity contribution in [3.63, 3.8) is 0 Å². The molecule has 6 heteroatoms. The number of nitrogens with one attached hydrogen (secondary N) is 1. The predicted octanol–water partition coefficient (Wildman–Crippen LogP) is 1.56. The van der Waals surface area contributed by atoms with Crippen LogP contribution in [0.1, 0.15) is 0 Å². The lowest BCUT2D eigenvalue weighted by Crippen LogP contribution is -2.48. The fourth-order valence-electron chi connectivity index (χ4n) is 1.75. The predicted molar refractivity (Wildman–Crippen MR) is 68.9 cm³/mol. The Bertz CT molecular complexity index is 410. The summed E-state index contributed by atoms with van der Waals surface area (Å²) in [5.41, 5.74) is 0.691. The number of carbonyl (C=O) groups excluding carboxylic acids is 1. The summed E-state index contributed by atoms with van der Waals surface area (Å²) in [5, 5.41) is 12.4. The molecule has 2 rings (SSSR count). The maximum absolute atomic E-state index is 12.0. The molecule has 2 N–H and O–H groups in total. The number of hydrogen-bond acceptors (Lipinski definition) is 3. The highest BCUT2D eigenvalue weighted by Crippen LogP contribution is 2.14. The average Bonchev–Trinajstić information content (AvgIpc) is 2.41. The second kappa shape index (κ2) is 6.04. The summed E-state index contributed by atoms with van der Waals surface area (Å²) in [7, 11) is 0. The molecule has 1 aromatic carbocycles. The molecule has 1 fully saturated rings. The van der Waals surface area contributed by atoms with Gasteiger partial charge in [0.1, 0.15) is 0 Å². The Morgan fingerprint density at radius 1 is 1.50 bits per heavy atom. The maximum atomic E-state index is 12.0. The van der Waals surface area contributed by atoms with Crippen molar-refractivity contribution in [2.24, 2.45) is 0 Å². The summed E-state index contributed by atoms with van der Waals surface area (Å²) in [4.78, 5) is 13.6. The largest absolute Gasteiger partial charge is 0.394 e. The van der Waals surface area contributed by atoms with Crippen LogP contribution in [0, 0.1) is 0 Å². The number of hydrogen-bond donors (Lipinski definition) is 2. The molecule has 0 saturated carbocycles. The van der Waals surface area contributed by atoms with E-state index in [4.69, 9.17) is 21.4 Å². The molecule has 1 aliphatic heterocycles. The minimum absolute atomic E-state index is 0.0786. The van der Waals surface area contributed by atoms with Crippen molar-refractivity contribution in [3.05, 3.63) is 29.3 Å². The number of halogens is 1. The first-order valence-corrected chi connectivity index (χ1v) is 6.11. The van der Waals surface area contributed by atoms with Crippen LogP contribution in [-0.2, 0) is 4.74 Å². The number of amides is 2. The Morgan fingerprint density at radius 2 is 2.22 bits per heavy atom. The van der Waals surface area contributed by atoms with Crippen LogP contribution in [0.2, 0.25) is 5.02 Å². The minimum Gasteiger partial charge on any atom is -0.394 e. The van der Waals surface area contributed by atoms with Gasteiger partial charge < -0.3 is 20.1 Å². The fraction of sp³-hybridized carbons (Fsp3) is 0.417. The molecule has 98 valence electrons. The molecule has 1 unspecified atom stereocenters. The summed E-state index contributed by atoms with van der Waals surface area (Å²) in [6.45, 7) is 1.29. The van der Waals surface area contributed by atoms with E-state index in [2.05, 4.69) is 5.32 Å². The molecule has 0 aliphatic carbocycles. The van der Waals surface area contributed by atoms with Crippen LogP contribution in [0.15, 0.2) is 24.3 Å². The number of morpholine rings is 1. The van der Waals surface area contributed by atoms with Gasteiger partial charge in [-0.05, 0) is 24.3 Å². The van der Waals surface area contributed by atoms with E-state index >= 15 is 0 Å². The first-order chi connectivity index (χ1) is 8.69. The molecule has 0 spiro atoms. The van der Waals surface area contributed by atoms with Crippen molar-refractivity contribution in [2.45, 2.75) is 6.10 Å². The zero-order valence-electron chi connectivity index (χ0n) is 9.80. The number of aliphatic hydroxyl groups excluding tert-OH is 1. The summed E-state index contributed by atoms with van der Waals surface area (Å²) in [5.74, 6) is 0. The standard InChI is InChI=1S/C12H15ClN2O3/c13-9-1-3-10(4-2-9)14-12(17)15-5-6-18-11(7-15)8-16/h1-4,11,16H,5-8H2,(H,14,17). The van der Waals surface area contributed by atoms with E-state index < -0.39 is 0 Å². The lowest BCUT2D eigenvalue weighted by molar-refractivity contribution is -0.0388. The van der Waals surface area contributed by atoms with E-state index in [0.717, 1.165) is 0 Å². The summed E-state index contributed by atoms with van der Waals surface area (Å²) < 4.78 is 5.28. The highest BCUT2D eigenvalue weighted by molar-refractivity contribution is 6.30. The van der Waals surface area contributed by atoms with Crippen LogP contribution in [0.5, 0.6) is 0 Å². The second-order valence-electron chi connectivity index (χ2n) is 4.06. The van der Waals surface area contributed by atoms with Gasteiger partial charge in [0.05, 0.1) is 25.9 Å². The molecule has 1 aromatic rings. The van der Waals surface area contributed by atoms with Crippen molar-refractivity contribution >= 4 is 23.3 Å². The summed E-state index contributed by atoms with van der Waals surface area (Å²) >= 11 is 5.77. The third-order valence-electron chi connectivity index (χ3n) is 2.73. The van der Waals surface area contributed by atoms with Crippen molar-refractivity contribution in [3.8, 4) is 0 Å². The Labute approximate surface area is 110 Å². The van der Waals surface area contributed by atoms with Crippen molar-refractivity contribution in [2.75, 3.05) is 31.6 Å². The SMILES string of the molecule is O=C(Nc1ccc(Cl)cc1)N1CCOC(CO)C1. The number of urea groups is 1. The molecule has 0 aromatic heterocycles. The van der Waals surface area contributed by atoms with E-state index in [1.165, 1.54) is 0 Å². The number of benzene rings is 1. The molecular formula is C12H15ClN2O3. The molecule has 1 saturated heterocycles. The molecule has 18 heavy (non-hydrogen) atoms. The van der Waals surface area contributed by atoms with Crippen LogP contribution in [0.3, 0.4) is 0 Å². The molecule has 2 amide bonds. The van der Waals surface area contributed by atoms with Gasteiger partial charge in [-0.1, -0.05) is 11.6 Å². The number of anilines is 1. The topological polar surface area (TPSA) is 61.8 Å². The molecule has 1 atom stereocenters. The van der Waals surface area contributed by atoms with Crippen LogP contribution < -0.4 is 5.32 Å². The second-order valence-corrected chi connectivity index (χ2v) is 4.49. The zero-order valence-corrected chi connectivity index (χ0v) is 10.6. The lowest BCUT2D eigenvalue weighted by atomic mass is 10.3. The normalized spacial score (nSPS) is 19.7. The Morgan fingerprint density at radius 3 is 2.89 bits per heavy atom. The van der Waals surface area contributed by atoms with Gasteiger partial charge in [-0.3, -0.25) is 0 Å². The molecule has 1 heterocycles. The average molecular weight is 271 g/mol. The van der Waals surface area contributed by atoms with Gasteiger partial charge >= 0.3 is 6.03 Å². The van der Waals surface area contributed by atoms with Gasteiger partial charge in [-0.2, -0.15) is 0 Å². The van der Waals surface area contributed by atoms with Crippen LogP contribution in [0.25, 0.3) is 0 Å². The number of aliphatic hydroxyl groups is 1. The summed E-state index contributed by atoms with van der Waals surface area (Å²) in [6, 6.07) is 6.72. The van der Waals surface area contributed by atoms with Gasteiger partial charge in [0.15, 0.2) is 0 Å². The van der Waals surface area contributed by atoms with Crippen LogP contribution in [0.4, 0.5) is 10.5 Å².